The molecule has 5 heteroatoms. The molecule has 0 aliphatic heterocycles. The van der Waals surface area contributed by atoms with Gasteiger partial charge in [0.1, 0.15) is 0 Å². The summed E-state index contributed by atoms with van der Waals surface area (Å²) < 4.78 is 7.11. The Hall–Kier alpha value is -2.30. The standard InChI is InChI=1S/C21H23ClN2O2/c1-24-14-19(17-8-3-4-9-20(17)24)18(13-21(25)23-10-11-26-2)15-6-5-7-16(22)12-15/h3-9,12,14,18H,10-11,13H2,1-2H3,(H,23,25). The van der Waals surface area contributed by atoms with Crippen LogP contribution in [-0.4, -0.2) is 30.7 Å². The fraction of sp³-hybridized carbons (Fsp3) is 0.286. The number of aryl methyl sites for hydroxylation is 1. The van der Waals surface area contributed by atoms with Gasteiger partial charge in [0.25, 0.3) is 0 Å². The number of nitrogens with zero attached hydrogens (tertiary/aromatic N) is 1. The van der Waals surface area contributed by atoms with Crippen molar-refractivity contribution < 1.29 is 9.53 Å². The number of carbonyl (C=O) groups is 1. The monoisotopic (exact) mass is 370 g/mol. The summed E-state index contributed by atoms with van der Waals surface area (Å²) in [5, 5.41) is 4.75. The van der Waals surface area contributed by atoms with Crippen LogP contribution in [0.3, 0.4) is 0 Å². The van der Waals surface area contributed by atoms with Crippen LogP contribution in [0.25, 0.3) is 10.9 Å². The van der Waals surface area contributed by atoms with E-state index in [0.717, 1.165) is 22.0 Å². The van der Waals surface area contributed by atoms with E-state index in [2.05, 4.69) is 28.2 Å². The van der Waals surface area contributed by atoms with E-state index in [1.165, 1.54) is 0 Å². The van der Waals surface area contributed by atoms with Gasteiger partial charge in [0.2, 0.25) is 5.91 Å². The van der Waals surface area contributed by atoms with E-state index in [0.29, 0.717) is 24.6 Å². The first kappa shape index (κ1) is 18.5. The second kappa shape index (κ2) is 8.39. The zero-order chi connectivity index (χ0) is 18.5. The summed E-state index contributed by atoms with van der Waals surface area (Å²) in [5.74, 6) is -0.0673. The average molecular weight is 371 g/mol. The topological polar surface area (TPSA) is 43.3 Å². The van der Waals surface area contributed by atoms with Crippen molar-refractivity contribution in [3.63, 3.8) is 0 Å². The summed E-state index contributed by atoms with van der Waals surface area (Å²) in [5.41, 5.74) is 3.32. The molecular formula is C21H23ClN2O2. The minimum absolute atomic E-state index is 0.0000373. The molecule has 0 radical (unpaired) electrons. The van der Waals surface area contributed by atoms with E-state index >= 15 is 0 Å². The molecule has 0 saturated heterocycles. The Morgan fingerprint density at radius 3 is 2.81 bits per heavy atom. The normalized spacial score (nSPS) is 12.3. The largest absolute Gasteiger partial charge is 0.383 e. The third-order valence-corrected chi connectivity index (χ3v) is 4.81. The summed E-state index contributed by atoms with van der Waals surface area (Å²) in [6.45, 7) is 1.01. The molecule has 1 amide bonds. The Kier molecular flexibility index (Phi) is 5.96. The van der Waals surface area contributed by atoms with Crippen LogP contribution < -0.4 is 5.32 Å². The highest BCUT2D eigenvalue weighted by molar-refractivity contribution is 6.30. The molecule has 1 N–H and O–H groups in total. The second-order valence-electron chi connectivity index (χ2n) is 6.37. The molecule has 1 unspecified atom stereocenters. The van der Waals surface area contributed by atoms with Gasteiger partial charge in [0, 0.05) is 55.2 Å². The van der Waals surface area contributed by atoms with Crippen molar-refractivity contribution >= 4 is 28.4 Å². The number of amides is 1. The summed E-state index contributed by atoms with van der Waals surface area (Å²) in [6, 6.07) is 16.0. The number of benzene rings is 2. The molecule has 3 rings (SSSR count). The number of halogens is 1. The fourth-order valence-electron chi connectivity index (χ4n) is 3.33. The van der Waals surface area contributed by atoms with Crippen molar-refractivity contribution in [2.75, 3.05) is 20.3 Å². The number of rotatable bonds is 7. The molecule has 2 aromatic carbocycles. The molecular weight excluding hydrogens is 348 g/mol. The van der Waals surface area contributed by atoms with Gasteiger partial charge >= 0.3 is 0 Å². The molecule has 1 atom stereocenters. The van der Waals surface area contributed by atoms with Gasteiger partial charge in [-0.1, -0.05) is 41.9 Å². The highest BCUT2D eigenvalue weighted by Crippen LogP contribution is 2.35. The predicted octanol–water partition coefficient (Wildman–Crippen LogP) is 4.12. The first-order valence-electron chi connectivity index (χ1n) is 8.65. The third-order valence-electron chi connectivity index (χ3n) is 4.57. The van der Waals surface area contributed by atoms with E-state index in [-0.39, 0.29) is 11.8 Å². The van der Waals surface area contributed by atoms with Crippen molar-refractivity contribution in [2.24, 2.45) is 7.05 Å². The highest BCUT2D eigenvalue weighted by Gasteiger charge is 2.22. The molecule has 1 aromatic heterocycles. The molecule has 3 aromatic rings. The molecule has 1 heterocycles. The van der Waals surface area contributed by atoms with Crippen molar-refractivity contribution in [3.8, 4) is 0 Å². The van der Waals surface area contributed by atoms with Crippen LogP contribution in [0.5, 0.6) is 0 Å². The zero-order valence-corrected chi connectivity index (χ0v) is 15.8. The maximum absolute atomic E-state index is 12.5. The molecule has 26 heavy (non-hydrogen) atoms. The molecule has 0 fully saturated rings. The zero-order valence-electron chi connectivity index (χ0n) is 15.0. The van der Waals surface area contributed by atoms with E-state index < -0.39 is 0 Å². The number of nitrogens with one attached hydrogen (secondary N) is 1. The number of hydrogen-bond donors (Lipinski definition) is 1. The van der Waals surface area contributed by atoms with Gasteiger partial charge < -0.3 is 14.6 Å². The fourth-order valence-corrected chi connectivity index (χ4v) is 3.53. The molecule has 0 spiro atoms. The number of hydrogen-bond acceptors (Lipinski definition) is 2. The van der Waals surface area contributed by atoms with Crippen LogP contribution in [0.2, 0.25) is 5.02 Å². The lowest BCUT2D eigenvalue weighted by Crippen LogP contribution is -2.28. The van der Waals surface area contributed by atoms with E-state index in [1.807, 2.05) is 43.4 Å². The highest BCUT2D eigenvalue weighted by atomic mass is 35.5. The number of para-hydroxylation sites is 1. The SMILES string of the molecule is COCCNC(=O)CC(c1cccc(Cl)c1)c1cn(C)c2ccccc12. The lowest BCUT2D eigenvalue weighted by molar-refractivity contribution is -0.121. The van der Waals surface area contributed by atoms with Crippen LogP contribution in [0, 0.1) is 0 Å². The Balaban J connectivity index is 1.98. The van der Waals surface area contributed by atoms with Gasteiger partial charge in [0.15, 0.2) is 0 Å². The van der Waals surface area contributed by atoms with Crippen LogP contribution >= 0.6 is 11.6 Å². The summed E-state index contributed by atoms with van der Waals surface area (Å²) in [7, 11) is 3.65. The third kappa shape index (κ3) is 4.09. The van der Waals surface area contributed by atoms with Gasteiger partial charge in [-0.25, -0.2) is 0 Å². The maximum Gasteiger partial charge on any atom is 0.221 e. The number of methoxy groups -OCH3 is 1. The molecule has 4 nitrogen and oxygen atoms in total. The van der Waals surface area contributed by atoms with Gasteiger partial charge in [-0.15, -0.1) is 0 Å². The molecule has 0 saturated carbocycles. The van der Waals surface area contributed by atoms with Crippen molar-refractivity contribution in [1.82, 2.24) is 9.88 Å². The molecule has 0 aliphatic rings. The smallest absolute Gasteiger partial charge is 0.221 e. The van der Waals surface area contributed by atoms with E-state index in [1.54, 1.807) is 7.11 Å². The number of carbonyl (C=O) groups excluding carboxylic acids is 1. The Morgan fingerprint density at radius 2 is 2.04 bits per heavy atom. The minimum atomic E-state index is -0.0673. The van der Waals surface area contributed by atoms with Gasteiger partial charge in [-0.05, 0) is 29.3 Å². The van der Waals surface area contributed by atoms with E-state index in [9.17, 15) is 4.79 Å². The Morgan fingerprint density at radius 1 is 1.23 bits per heavy atom. The van der Waals surface area contributed by atoms with Crippen LogP contribution in [0.4, 0.5) is 0 Å². The maximum atomic E-state index is 12.5. The van der Waals surface area contributed by atoms with Crippen molar-refractivity contribution in [1.29, 1.82) is 0 Å². The molecule has 0 bridgehead atoms. The van der Waals surface area contributed by atoms with Crippen LogP contribution in [0.15, 0.2) is 54.7 Å². The first-order chi connectivity index (χ1) is 12.6. The Bertz CT molecular complexity index is 904. The number of aromatic nitrogens is 1. The number of ether oxygens (including phenoxy) is 1. The lowest BCUT2D eigenvalue weighted by atomic mass is 9.88. The quantitative estimate of drug-likeness (QED) is 0.636. The van der Waals surface area contributed by atoms with Gasteiger partial charge in [0.05, 0.1) is 6.61 Å². The van der Waals surface area contributed by atoms with Gasteiger partial charge in [-0.3, -0.25) is 4.79 Å². The van der Waals surface area contributed by atoms with Crippen molar-refractivity contribution in [3.05, 3.63) is 70.9 Å². The predicted molar refractivity (Wildman–Crippen MR) is 106 cm³/mol. The molecule has 136 valence electrons. The van der Waals surface area contributed by atoms with Crippen molar-refractivity contribution in [2.45, 2.75) is 12.3 Å². The Labute approximate surface area is 158 Å². The van der Waals surface area contributed by atoms with Gasteiger partial charge in [-0.2, -0.15) is 0 Å². The minimum Gasteiger partial charge on any atom is -0.383 e. The average Bonchev–Trinajstić information content (AvgIpc) is 2.97. The van der Waals surface area contributed by atoms with E-state index in [4.69, 9.17) is 16.3 Å². The first-order valence-corrected chi connectivity index (χ1v) is 9.03. The summed E-state index contributed by atoms with van der Waals surface area (Å²) >= 11 is 6.22. The molecule has 0 aliphatic carbocycles. The summed E-state index contributed by atoms with van der Waals surface area (Å²) in [6.07, 6.45) is 2.47. The lowest BCUT2D eigenvalue weighted by Gasteiger charge is -2.17. The number of fused-ring (bicyclic) bond motifs is 1. The van der Waals surface area contributed by atoms with Crippen LogP contribution in [-0.2, 0) is 16.6 Å². The summed E-state index contributed by atoms with van der Waals surface area (Å²) in [4.78, 5) is 12.5. The van der Waals surface area contributed by atoms with Crippen LogP contribution in [0.1, 0.15) is 23.5 Å². The second-order valence-corrected chi connectivity index (χ2v) is 6.80.